The lowest BCUT2D eigenvalue weighted by molar-refractivity contribution is 0.163. The highest BCUT2D eigenvalue weighted by Crippen LogP contribution is 2.34. The van der Waals surface area contributed by atoms with E-state index in [-0.39, 0.29) is 11.9 Å². The second-order valence-electron chi connectivity index (χ2n) is 7.47. The Balaban J connectivity index is 1.47. The van der Waals surface area contributed by atoms with E-state index in [0.29, 0.717) is 24.9 Å². The lowest BCUT2D eigenvalue weighted by atomic mass is 10.0. The van der Waals surface area contributed by atoms with E-state index in [1.54, 1.807) is 7.11 Å². The van der Waals surface area contributed by atoms with E-state index in [2.05, 4.69) is 15.9 Å². The van der Waals surface area contributed by atoms with Gasteiger partial charge in [0.25, 0.3) is 0 Å². The number of halogens is 2. The third-order valence-electron chi connectivity index (χ3n) is 5.53. The standard InChI is InChI=1S/C24H23F2N3O2/c1-30-19-6-10-29(11-7-19)23-14-17(16-27)2-4-22(23)28-12-8-20(9-13-28)31-24-5-3-18(25)15-21(24)26/h2-7,10,14-15,20H,8-9,11-13H2,1H3. The summed E-state index contributed by atoms with van der Waals surface area (Å²) in [6, 6.07) is 11.3. The first kappa shape index (κ1) is 20.7. The maximum atomic E-state index is 13.9. The lowest BCUT2D eigenvalue weighted by Crippen LogP contribution is -2.39. The van der Waals surface area contributed by atoms with Gasteiger partial charge in [0.2, 0.25) is 0 Å². The first-order valence-corrected chi connectivity index (χ1v) is 10.2. The maximum absolute atomic E-state index is 13.9. The average Bonchev–Trinajstić information content (AvgIpc) is 2.81. The van der Waals surface area contributed by atoms with E-state index in [4.69, 9.17) is 9.47 Å². The van der Waals surface area contributed by atoms with Gasteiger partial charge in [0.15, 0.2) is 11.6 Å². The van der Waals surface area contributed by atoms with Crippen molar-refractivity contribution in [3.8, 4) is 11.8 Å². The molecule has 0 N–H and O–H groups in total. The van der Waals surface area contributed by atoms with Crippen molar-refractivity contribution in [2.24, 2.45) is 0 Å². The van der Waals surface area contributed by atoms with Gasteiger partial charge in [-0.25, -0.2) is 8.78 Å². The van der Waals surface area contributed by atoms with Gasteiger partial charge < -0.3 is 19.3 Å². The van der Waals surface area contributed by atoms with E-state index in [9.17, 15) is 14.0 Å². The summed E-state index contributed by atoms with van der Waals surface area (Å²) in [6.45, 7) is 2.09. The van der Waals surface area contributed by atoms with E-state index in [1.807, 2.05) is 36.6 Å². The molecule has 0 saturated carbocycles. The molecule has 7 heteroatoms. The number of hydrogen-bond donors (Lipinski definition) is 0. The number of allylic oxidation sites excluding steroid dienone is 1. The van der Waals surface area contributed by atoms with Crippen molar-refractivity contribution in [2.75, 3.05) is 36.5 Å². The number of anilines is 2. The van der Waals surface area contributed by atoms with Gasteiger partial charge in [-0.15, -0.1) is 0 Å². The zero-order valence-electron chi connectivity index (χ0n) is 17.2. The molecule has 2 aromatic carbocycles. The van der Waals surface area contributed by atoms with Gasteiger partial charge in [-0.2, -0.15) is 5.26 Å². The van der Waals surface area contributed by atoms with Crippen LogP contribution in [-0.4, -0.2) is 32.8 Å². The fourth-order valence-electron chi connectivity index (χ4n) is 3.87. The molecular formula is C24H23F2N3O2. The van der Waals surface area contributed by atoms with Crippen LogP contribution in [0.15, 0.2) is 60.5 Å². The predicted octanol–water partition coefficient (Wildman–Crippen LogP) is 4.75. The Morgan fingerprint density at radius 2 is 1.87 bits per heavy atom. The number of ether oxygens (including phenoxy) is 2. The number of nitrogens with zero attached hydrogens (tertiary/aromatic N) is 3. The SMILES string of the molecule is COC1=CCN(c2cc(C#N)ccc2N2CCC(Oc3ccc(F)cc3F)CC2)C=C1. The highest BCUT2D eigenvalue weighted by Gasteiger charge is 2.25. The summed E-state index contributed by atoms with van der Waals surface area (Å²) in [7, 11) is 1.64. The van der Waals surface area contributed by atoms with Crippen LogP contribution in [0.4, 0.5) is 20.2 Å². The first-order valence-electron chi connectivity index (χ1n) is 10.2. The van der Waals surface area contributed by atoms with Gasteiger partial charge in [0.1, 0.15) is 17.7 Å². The molecule has 0 amide bonds. The normalized spacial score (nSPS) is 16.6. The molecule has 4 rings (SSSR count). The summed E-state index contributed by atoms with van der Waals surface area (Å²) in [5, 5.41) is 9.35. The molecule has 160 valence electrons. The predicted molar refractivity (Wildman–Crippen MR) is 115 cm³/mol. The molecule has 5 nitrogen and oxygen atoms in total. The largest absolute Gasteiger partial charge is 0.497 e. The smallest absolute Gasteiger partial charge is 0.167 e. The molecule has 1 saturated heterocycles. The van der Waals surface area contributed by atoms with Crippen molar-refractivity contribution in [1.29, 1.82) is 5.26 Å². The van der Waals surface area contributed by atoms with Gasteiger partial charge in [-0.05, 0) is 42.5 Å². The lowest BCUT2D eigenvalue weighted by Gasteiger charge is -2.36. The van der Waals surface area contributed by atoms with Crippen LogP contribution in [0.2, 0.25) is 0 Å². The molecule has 2 aliphatic rings. The van der Waals surface area contributed by atoms with Gasteiger partial charge in [0, 0.05) is 44.7 Å². The number of hydrogen-bond acceptors (Lipinski definition) is 5. The average molecular weight is 423 g/mol. The minimum Gasteiger partial charge on any atom is -0.497 e. The molecule has 1 fully saturated rings. The van der Waals surface area contributed by atoms with Crippen LogP contribution in [0.3, 0.4) is 0 Å². The van der Waals surface area contributed by atoms with Crippen molar-refractivity contribution in [3.63, 3.8) is 0 Å². The highest BCUT2D eigenvalue weighted by atomic mass is 19.1. The van der Waals surface area contributed by atoms with Crippen molar-refractivity contribution < 1.29 is 18.3 Å². The van der Waals surface area contributed by atoms with Crippen molar-refractivity contribution in [3.05, 3.63) is 77.7 Å². The zero-order valence-corrected chi connectivity index (χ0v) is 17.2. The molecule has 0 radical (unpaired) electrons. The summed E-state index contributed by atoms with van der Waals surface area (Å²) in [6.07, 6.45) is 7.11. The molecular weight excluding hydrogens is 400 g/mol. The Kier molecular flexibility index (Phi) is 6.08. The van der Waals surface area contributed by atoms with E-state index < -0.39 is 11.6 Å². The second kappa shape index (κ2) is 9.09. The van der Waals surface area contributed by atoms with E-state index in [1.165, 1.54) is 12.1 Å². The number of benzene rings is 2. The maximum Gasteiger partial charge on any atom is 0.167 e. The number of nitriles is 1. The molecule has 0 unspecified atom stereocenters. The molecule has 2 aliphatic heterocycles. The van der Waals surface area contributed by atoms with Crippen molar-refractivity contribution in [1.82, 2.24) is 0 Å². The molecule has 0 bridgehead atoms. The summed E-state index contributed by atoms with van der Waals surface area (Å²) in [5.74, 6) is -0.414. The Morgan fingerprint density at radius 1 is 1.06 bits per heavy atom. The molecule has 0 spiro atoms. The Bertz CT molecular complexity index is 1050. The quantitative estimate of drug-likeness (QED) is 0.695. The van der Waals surface area contributed by atoms with E-state index in [0.717, 1.165) is 36.3 Å². The van der Waals surface area contributed by atoms with Gasteiger partial charge in [-0.3, -0.25) is 0 Å². The third kappa shape index (κ3) is 4.64. The molecule has 0 aliphatic carbocycles. The Labute approximate surface area is 180 Å². The van der Waals surface area contributed by atoms with Crippen LogP contribution >= 0.6 is 0 Å². The summed E-state index contributed by atoms with van der Waals surface area (Å²) < 4.78 is 38.1. The zero-order chi connectivity index (χ0) is 21.8. The molecule has 0 atom stereocenters. The van der Waals surface area contributed by atoms with Gasteiger partial charge >= 0.3 is 0 Å². The second-order valence-corrected chi connectivity index (χ2v) is 7.47. The summed E-state index contributed by atoms with van der Waals surface area (Å²) >= 11 is 0. The topological polar surface area (TPSA) is 48.7 Å². The van der Waals surface area contributed by atoms with Crippen LogP contribution in [0.5, 0.6) is 5.75 Å². The summed E-state index contributed by atoms with van der Waals surface area (Å²) in [4.78, 5) is 4.33. The van der Waals surface area contributed by atoms with Crippen LogP contribution in [-0.2, 0) is 4.74 Å². The van der Waals surface area contributed by atoms with Gasteiger partial charge in [-0.1, -0.05) is 0 Å². The summed E-state index contributed by atoms with van der Waals surface area (Å²) in [5.41, 5.74) is 2.58. The first-order chi connectivity index (χ1) is 15.1. The van der Waals surface area contributed by atoms with Crippen LogP contribution < -0.4 is 14.5 Å². The van der Waals surface area contributed by atoms with Crippen LogP contribution in [0.25, 0.3) is 0 Å². The van der Waals surface area contributed by atoms with Gasteiger partial charge in [0.05, 0.1) is 30.1 Å². The third-order valence-corrected chi connectivity index (χ3v) is 5.53. The number of methoxy groups -OCH3 is 1. The van der Waals surface area contributed by atoms with Crippen LogP contribution in [0, 0.1) is 23.0 Å². The van der Waals surface area contributed by atoms with Crippen LogP contribution in [0.1, 0.15) is 18.4 Å². The minimum atomic E-state index is -0.683. The Morgan fingerprint density at radius 3 is 2.52 bits per heavy atom. The Hall–Kier alpha value is -3.53. The molecule has 2 aromatic rings. The fourth-order valence-corrected chi connectivity index (χ4v) is 3.87. The molecule has 2 heterocycles. The van der Waals surface area contributed by atoms with E-state index >= 15 is 0 Å². The monoisotopic (exact) mass is 423 g/mol. The minimum absolute atomic E-state index is 0.0816. The molecule has 0 aromatic heterocycles. The number of rotatable bonds is 5. The fraction of sp³-hybridized carbons (Fsp3) is 0.292. The van der Waals surface area contributed by atoms with Crippen molar-refractivity contribution >= 4 is 11.4 Å². The molecule has 31 heavy (non-hydrogen) atoms. The number of piperidine rings is 1. The highest BCUT2D eigenvalue weighted by molar-refractivity contribution is 5.75. The van der Waals surface area contributed by atoms with Crippen molar-refractivity contribution in [2.45, 2.75) is 18.9 Å².